The molecule has 1 atom stereocenters. The maximum absolute atomic E-state index is 11.5. The van der Waals surface area contributed by atoms with Crippen molar-refractivity contribution in [2.24, 2.45) is 5.92 Å². The van der Waals surface area contributed by atoms with Gasteiger partial charge < -0.3 is 15.2 Å². The molecule has 1 unspecified atom stereocenters. The highest BCUT2D eigenvalue weighted by Crippen LogP contribution is 2.32. The summed E-state index contributed by atoms with van der Waals surface area (Å²) < 4.78 is 5.50. The number of amides is 1. The zero-order valence-corrected chi connectivity index (χ0v) is 11.0. The van der Waals surface area contributed by atoms with Gasteiger partial charge in [-0.25, -0.2) is 0 Å². The van der Waals surface area contributed by atoms with Crippen molar-refractivity contribution in [3.8, 4) is 5.75 Å². The van der Waals surface area contributed by atoms with Gasteiger partial charge in [0.05, 0.1) is 12.7 Å². The molecule has 0 bridgehead atoms. The number of carbonyl (C=O) groups is 1. The molecular formula is C15H21NO3. The Balaban J connectivity index is 1.51. The highest BCUT2D eigenvalue weighted by molar-refractivity contribution is 5.75. The van der Waals surface area contributed by atoms with Crippen LogP contribution in [0.4, 0.5) is 0 Å². The molecule has 1 aliphatic carbocycles. The van der Waals surface area contributed by atoms with Crippen molar-refractivity contribution in [3.05, 3.63) is 30.3 Å². The van der Waals surface area contributed by atoms with E-state index in [1.807, 2.05) is 30.3 Å². The maximum Gasteiger partial charge on any atom is 0.220 e. The Bertz CT molecular complexity index is 390. The number of benzene rings is 1. The molecule has 0 aliphatic heterocycles. The van der Waals surface area contributed by atoms with Gasteiger partial charge in [0.25, 0.3) is 0 Å². The first-order valence-electron chi connectivity index (χ1n) is 6.88. The number of para-hydroxylation sites is 1. The van der Waals surface area contributed by atoms with Crippen molar-refractivity contribution in [2.45, 2.75) is 31.8 Å². The van der Waals surface area contributed by atoms with Gasteiger partial charge in [0.2, 0.25) is 5.91 Å². The highest BCUT2D eigenvalue weighted by Gasteiger charge is 2.29. The van der Waals surface area contributed by atoms with E-state index >= 15 is 0 Å². The SMILES string of the molecule is O=C(CCCOc1ccccc1)NCC(O)C1CC1. The molecule has 0 spiro atoms. The Kier molecular flexibility index (Phi) is 5.21. The van der Waals surface area contributed by atoms with Crippen molar-refractivity contribution >= 4 is 5.91 Å². The van der Waals surface area contributed by atoms with Crippen molar-refractivity contribution < 1.29 is 14.6 Å². The van der Waals surface area contributed by atoms with Gasteiger partial charge in [-0.15, -0.1) is 0 Å². The summed E-state index contributed by atoms with van der Waals surface area (Å²) in [5.41, 5.74) is 0. The zero-order chi connectivity index (χ0) is 13.5. The van der Waals surface area contributed by atoms with E-state index in [2.05, 4.69) is 5.32 Å². The molecule has 2 rings (SSSR count). The predicted octanol–water partition coefficient (Wildman–Crippen LogP) is 1.73. The van der Waals surface area contributed by atoms with Crippen LogP contribution < -0.4 is 10.1 Å². The Morgan fingerprint density at radius 1 is 1.37 bits per heavy atom. The summed E-state index contributed by atoms with van der Waals surface area (Å²) in [5.74, 6) is 1.21. The second-order valence-corrected chi connectivity index (χ2v) is 4.97. The quantitative estimate of drug-likeness (QED) is 0.702. The molecule has 1 amide bonds. The van der Waals surface area contributed by atoms with Gasteiger partial charge in [0, 0.05) is 13.0 Å². The molecule has 4 heteroatoms. The number of rotatable bonds is 8. The fourth-order valence-electron chi connectivity index (χ4n) is 1.89. The summed E-state index contributed by atoms with van der Waals surface area (Å²) in [6.45, 7) is 0.908. The molecule has 0 aromatic heterocycles. The Morgan fingerprint density at radius 2 is 2.11 bits per heavy atom. The van der Waals surface area contributed by atoms with Crippen molar-refractivity contribution in [1.82, 2.24) is 5.32 Å². The second-order valence-electron chi connectivity index (χ2n) is 4.97. The lowest BCUT2D eigenvalue weighted by atomic mass is 10.2. The number of hydrogen-bond acceptors (Lipinski definition) is 3. The molecule has 19 heavy (non-hydrogen) atoms. The smallest absolute Gasteiger partial charge is 0.220 e. The minimum absolute atomic E-state index is 0.0173. The van der Waals surface area contributed by atoms with Crippen LogP contribution >= 0.6 is 0 Å². The average molecular weight is 263 g/mol. The Hall–Kier alpha value is -1.55. The molecule has 4 nitrogen and oxygen atoms in total. The first-order valence-corrected chi connectivity index (χ1v) is 6.88. The largest absolute Gasteiger partial charge is 0.494 e. The van der Waals surface area contributed by atoms with Crippen LogP contribution in [-0.2, 0) is 4.79 Å². The molecule has 104 valence electrons. The van der Waals surface area contributed by atoms with E-state index in [1.165, 1.54) is 0 Å². The van der Waals surface area contributed by atoms with Gasteiger partial charge in [-0.05, 0) is 37.3 Å². The van der Waals surface area contributed by atoms with E-state index in [0.29, 0.717) is 31.9 Å². The fourth-order valence-corrected chi connectivity index (χ4v) is 1.89. The lowest BCUT2D eigenvalue weighted by molar-refractivity contribution is -0.121. The van der Waals surface area contributed by atoms with E-state index < -0.39 is 0 Å². The van der Waals surface area contributed by atoms with E-state index in [4.69, 9.17) is 4.74 Å². The minimum atomic E-state index is -0.371. The number of carbonyl (C=O) groups excluding carboxylic acids is 1. The van der Waals surface area contributed by atoms with Crippen LogP contribution in [0.3, 0.4) is 0 Å². The lowest BCUT2D eigenvalue weighted by Crippen LogP contribution is -2.33. The summed E-state index contributed by atoms with van der Waals surface area (Å²) in [4.78, 5) is 11.5. The minimum Gasteiger partial charge on any atom is -0.494 e. The van der Waals surface area contributed by atoms with E-state index in [-0.39, 0.29) is 12.0 Å². The number of hydrogen-bond donors (Lipinski definition) is 2. The summed E-state index contributed by atoms with van der Waals surface area (Å²) in [6, 6.07) is 9.56. The van der Waals surface area contributed by atoms with E-state index in [0.717, 1.165) is 18.6 Å². The molecule has 1 aromatic carbocycles. The molecule has 0 heterocycles. The monoisotopic (exact) mass is 263 g/mol. The summed E-state index contributed by atoms with van der Waals surface area (Å²) in [5, 5.41) is 12.4. The fraction of sp³-hybridized carbons (Fsp3) is 0.533. The second kappa shape index (κ2) is 7.14. The first-order chi connectivity index (χ1) is 9.25. The lowest BCUT2D eigenvalue weighted by Gasteiger charge is -2.10. The van der Waals surface area contributed by atoms with Crippen LogP contribution in [0.5, 0.6) is 5.75 Å². The number of ether oxygens (including phenoxy) is 1. The molecule has 0 saturated heterocycles. The van der Waals surface area contributed by atoms with Crippen LogP contribution in [0.2, 0.25) is 0 Å². The zero-order valence-electron chi connectivity index (χ0n) is 11.0. The van der Waals surface area contributed by atoms with Crippen LogP contribution in [0.25, 0.3) is 0 Å². The van der Waals surface area contributed by atoms with Gasteiger partial charge in [-0.1, -0.05) is 18.2 Å². The third kappa shape index (κ3) is 5.30. The molecule has 1 aliphatic rings. The summed E-state index contributed by atoms with van der Waals surface area (Å²) in [6.07, 6.45) is 2.92. The number of nitrogens with one attached hydrogen (secondary N) is 1. The van der Waals surface area contributed by atoms with Gasteiger partial charge >= 0.3 is 0 Å². The third-order valence-corrected chi connectivity index (χ3v) is 3.23. The maximum atomic E-state index is 11.5. The Labute approximate surface area is 113 Å². The number of aliphatic hydroxyl groups excluding tert-OH is 1. The normalized spacial score (nSPS) is 15.8. The van der Waals surface area contributed by atoms with E-state index in [9.17, 15) is 9.90 Å². The van der Waals surface area contributed by atoms with Crippen molar-refractivity contribution in [2.75, 3.05) is 13.2 Å². The number of aliphatic hydroxyl groups is 1. The van der Waals surface area contributed by atoms with Crippen molar-refractivity contribution in [1.29, 1.82) is 0 Å². The predicted molar refractivity (Wildman–Crippen MR) is 72.9 cm³/mol. The van der Waals surface area contributed by atoms with Gasteiger partial charge in [0.15, 0.2) is 0 Å². The van der Waals surface area contributed by atoms with Gasteiger partial charge in [0.1, 0.15) is 5.75 Å². The summed E-state index contributed by atoms with van der Waals surface area (Å²) >= 11 is 0. The standard InChI is InChI=1S/C15H21NO3/c17-14(12-8-9-12)11-16-15(18)7-4-10-19-13-5-2-1-3-6-13/h1-3,5-6,12,14,17H,4,7-11H2,(H,16,18). The average Bonchev–Trinajstić information content (AvgIpc) is 3.27. The first kappa shape index (κ1) is 13.9. The van der Waals surface area contributed by atoms with Gasteiger partial charge in [-0.2, -0.15) is 0 Å². The molecule has 1 fully saturated rings. The van der Waals surface area contributed by atoms with Gasteiger partial charge in [-0.3, -0.25) is 4.79 Å². The van der Waals surface area contributed by atoms with Crippen molar-refractivity contribution in [3.63, 3.8) is 0 Å². The topological polar surface area (TPSA) is 58.6 Å². The molecular weight excluding hydrogens is 242 g/mol. The summed E-state index contributed by atoms with van der Waals surface area (Å²) in [7, 11) is 0. The Morgan fingerprint density at radius 3 is 2.79 bits per heavy atom. The third-order valence-electron chi connectivity index (χ3n) is 3.23. The molecule has 2 N–H and O–H groups in total. The van der Waals surface area contributed by atoms with Crippen LogP contribution in [0.15, 0.2) is 30.3 Å². The molecule has 1 aromatic rings. The van der Waals surface area contributed by atoms with Crippen LogP contribution in [-0.4, -0.2) is 30.3 Å². The highest BCUT2D eigenvalue weighted by atomic mass is 16.5. The molecule has 0 radical (unpaired) electrons. The van der Waals surface area contributed by atoms with E-state index in [1.54, 1.807) is 0 Å². The van der Waals surface area contributed by atoms with Crippen LogP contribution in [0.1, 0.15) is 25.7 Å². The molecule has 1 saturated carbocycles. The van der Waals surface area contributed by atoms with Crippen LogP contribution in [0, 0.1) is 5.92 Å².